The zero-order valence-corrected chi connectivity index (χ0v) is 16.7. The zero-order chi connectivity index (χ0) is 18.0. The van der Waals surface area contributed by atoms with E-state index in [9.17, 15) is 0 Å². The van der Waals surface area contributed by atoms with Crippen LogP contribution < -0.4 is 0 Å². The molecule has 0 bridgehead atoms. The lowest BCUT2D eigenvalue weighted by atomic mass is 9.99. The highest BCUT2D eigenvalue weighted by Crippen LogP contribution is 2.32. The van der Waals surface area contributed by atoms with Gasteiger partial charge in [-0.05, 0) is 46.9 Å². The minimum Gasteiger partial charge on any atom is -0.330 e. The molecule has 132 valence electrons. The molecule has 3 aromatic rings. The molecule has 3 heteroatoms. The third kappa shape index (κ3) is 4.04. The molecule has 2 heterocycles. The van der Waals surface area contributed by atoms with Crippen LogP contribution in [0, 0.1) is 12.8 Å². The van der Waals surface area contributed by atoms with Crippen LogP contribution in [0.4, 0.5) is 0 Å². The first-order chi connectivity index (χ1) is 12.0. The molecular formula is C22H28N2S. The first-order valence-electron chi connectivity index (χ1n) is 9.13. The van der Waals surface area contributed by atoms with Crippen LogP contribution in [0.1, 0.15) is 55.4 Å². The van der Waals surface area contributed by atoms with E-state index in [4.69, 9.17) is 0 Å². The quantitative estimate of drug-likeness (QED) is 0.510. The predicted molar refractivity (Wildman–Crippen MR) is 108 cm³/mol. The number of rotatable bonds is 6. The average molecular weight is 353 g/mol. The van der Waals surface area contributed by atoms with Gasteiger partial charge < -0.3 is 4.57 Å². The molecule has 1 aromatic carbocycles. The topological polar surface area (TPSA) is 17.8 Å². The maximum Gasteiger partial charge on any atom is 0.111 e. The van der Waals surface area contributed by atoms with E-state index in [-0.39, 0.29) is 0 Å². The van der Waals surface area contributed by atoms with Crippen molar-refractivity contribution in [3.8, 4) is 11.1 Å². The Morgan fingerprint density at radius 3 is 2.44 bits per heavy atom. The monoisotopic (exact) mass is 352 g/mol. The van der Waals surface area contributed by atoms with E-state index in [0.717, 1.165) is 12.4 Å². The summed E-state index contributed by atoms with van der Waals surface area (Å²) in [5.41, 5.74) is 5.47. The van der Waals surface area contributed by atoms with Crippen LogP contribution in [0.3, 0.4) is 0 Å². The van der Waals surface area contributed by atoms with Crippen LogP contribution in [0.2, 0.25) is 0 Å². The predicted octanol–water partition coefficient (Wildman–Crippen LogP) is 6.29. The van der Waals surface area contributed by atoms with Gasteiger partial charge in [0.25, 0.3) is 0 Å². The van der Waals surface area contributed by atoms with Gasteiger partial charge in [0.2, 0.25) is 0 Å². The Morgan fingerprint density at radius 1 is 1.08 bits per heavy atom. The number of imidazole rings is 1. The molecule has 2 nitrogen and oxygen atoms in total. The summed E-state index contributed by atoms with van der Waals surface area (Å²) in [6, 6.07) is 9.02. The van der Waals surface area contributed by atoms with E-state index in [0.29, 0.717) is 11.8 Å². The lowest BCUT2D eigenvalue weighted by Crippen LogP contribution is -2.05. The van der Waals surface area contributed by atoms with Crippen molar-refractivity contribution in [2.75, 3.05) is 0 Å². The van der Waals surface area contributed by atoms with Crippen molar-refractivity contribution in [3.63, 3.8) is 0 Å². The summed E-state index contributed by atoms with van der Waals surface area (Å²) in [6.07, 6.45) is 5.15. The van der Waals surface area contributed by atoms with Gasteiger partial charge in [0.1, 0.15) is 5.82 Å². The standard InChI is InChI=1S/C22H28N2S/c1-15(2)12-21-17(5)20(14-25-21)19-8-6-18(7-9-19)13-24-11-10-23-22(24)16(3)4/h6-11,14-16H,12-13H2,1-5H3. The van der Waals surface area contributed by atoms with E-state index in [1.54, 1.807) is 0 Å². The van der Waals surface area contributed by atoms with Gasteiger partial charge in [-0.2, -0.15) is 0 Å². The largest absolute Gasteiger partial charge is 0.330 e. The Bertz CT molecular complexity index is 822. The van der Waals surface area contributed by atoms with E-state index in [1.165, 1.54) is 33.6 Å². The minimum atomic E-state index is 0.446. The van der Waals surface area contributed by atoms with Crippen molar-refractivity contribution in [2.24, 2.45) is 5.92 Å². The first kappa shape index (κ1) is 17.9. The Hall–Kier alpha value is -1.87. The molecule has 0 aliphatic heterocycles. The van der Waals surface area contributed by atoms with Gasteiger partial charge in [-0.15, -0.1) is 11.3 Å². The second-order valence-electron chi connectivity index (χ2n) is 7.56. The van der Waals surface area contributed by atoms with Crippen LogP contribution in [-0.2, 0) is 13.0 Å². The van der Waals surface area contributed by atoms with E-state index >= 15 is 0 Å². The fourth-order valence-corrected chi connectivity index (χ4v) is 4.54. The Labute approximate surface area is 155 Å². The van der Waals surface area contributed by atoms with Crippen molar-refractivity contribution in [1.29, 1.82) is 0 Å². The maximum absolute atomic E-state index is 4.48. The fourth-order valence-electron chi connectivity index (χ4n) is 3.26. The van der Waals surface area contributed by atoms with Crippen LogP contribution in [-0.4, -0.2) is 9.55 Å². The van der Waals surface area contributed by atoms with Gasteiger partial charge in [0.15, 0.2) is 0 Å². The highest BCUT2D eigenvalue weighted by molar-refractivity contribution is 7.10. The minimum absolute atomic E-state index is 0.446. The summed E-state index contributed by atoms with van der Waals surface area (Å²) in [5, 5.41) is 2.31. The molecule has 0 fully saturated rings. The summed E-state index contributed by atoms with van der Waals surface area (Å²) in [6.45, 7) is 12.1. The number of aromatic nitrogens is 2. The molecule has 0 unspecified atom stereocenters. The zero-order valence-electron chi connectivity index (χ0n) is 15.9. The molecule has 0 N–H and O–H groups in total. The molecule has 0 saturated carbocycles. The van der Waals surface area contributed by atoms with Crippen molar-refractivity contribution in [2.45, 2.75) is 53.5 Å². The maximum atomic E-state index is 4.48. The molecule has 0 amide bonds. The Kier molecular flexibility index (Phi) is 5.43. The molecule has 0 aliphatic rings. The Balaban J connectivity index is 1.79. The molecule has 0 aliphatic carbocycles. The SMILES string of the molecule is Cc1c(-c2ccc(Cn3ccnc3C(C)C)cc2)csc1CC(C)C. The third-order valence-electron chi connectivity index (χ3n) is 4.62. The molecule has 0 atom stereocenters. The molecule has 25 heavy (non-hydrogen) atoms. The normalized spacial score (nSPS) is 11.6. The van der Waals surface area contributed by atoms with Crippen molar-refractivity contribution in [1.82, 2.24) is 9.55 Å². The number of nitrogens with zero attached hydrogens (tertiary/aromatic N) is 2. The highest BCUT2D eigenvalue weighted by Gasteiger charge is 2.11. The van der Waals surface area contributed by atoms with Crippen LogP contribution in [0.15, 0.2) is 42.0 Å². The summed E-state index contributed by atoms with van der Waals surface area (Å²) in [7, 11) is 0. The van der Waals surface area contributed by atoms with E-state index in [1.807, 2.05) is 17.5 Å². The number of hydrogen-bond donors (Lipinski definition) is 0. The number of hydrogen-bond acceptors (Lipinski definition) is 2. The summed E-state index contributed by atoms with van der Waals surface area (Å²) >= 11 is 1.90. The molecule has 2 aromatic heterocycles. The molecule has 0 radical (unpaired) electrons. The average Bonchev–Trinajstić information content (AvgIpc) is 3.16. The highest BCUT2D eigenvalue weighted by atomic mass is 32.1. The Morgan fingerprint density at radius 2 is 1.80 bits per heavy atom. The van der Waals surface area contributed by atoms with Gasteiger partial charge in [0, 0.05) is 29.7 Å². The summed E-state index contributed by atoms with van der Waals surface area (Å²) in [4.78, 5) is 6.00. The molecular weight excluding hydrogens is 324 g/mol. The number of thiophene rings is 1. The second kappa shape index (κ2) is 7.57. The second-order valence-corrected chi connectivity index (χ2v) is 8.52. The lowest BCUT2D eigenvalue weighted by Gasteiger charge is -2.11. The fraction of sp³-hybridized carbons (Fsp3) is 0.409. The summed E-state index contributed by atoms with van der Waals surface area (Å²) < 4.78 is 2.25. The molecule has 0 spiro atoms. The smallest absolute Gasteiger partial charge is 0.111 e. The van der Waals surface area contributed by atoms with Gasteiger partial charge in [-0.3, -0.25) is 0 Å². The van der Waals surface area contributed by atoms with Crippen molar-refractivity contribution < 1.29 is 0 Å². The lowest BCUT2D eigenvalue weighted by molar-refractivity contribution is 0.652. The summed E-state index contributed by atoms with van der Waals surface area (Å²) in [5.74, 6) is 2.30. The van der Waals surface area contributed by atoms with Crippen LogP contribution in [0.25, 0.3) is 11.1 Å². The first-order valence-corrected chi connectivity index (χ1v) is 10.0. The molecule has 3 rings (SSSR count). The van der Waals surface area contributed by atoms with Crippen molar-refractivity contribution >= 4 is 11.3 Å². The van der Waals surface area contributed by atoms with E-state index in [2.05, 4.69) is 80.0 Å². The van der Waals surface area contributed by atoms with Gasteiger partial charge in [-0.25, -0.2) is 4.98 Å². The van der Waals surface area contributed by atoms with Crippen LogP contribution in [0.5, 0.6) is 0 Å². The van der Waals surface area contributed by atoms with Gasteiger partial charge >= 0.3 is 0 Å². The van der Waals surface area contributed by atoms with Gasteiger partial charge in [0.05, 0.1) is 0 Å². The van der Waals surface area contributed by atoms with Gasteiger partial charge in [-0.1, -0.05) is 52.0 Å². The third-order valence-corrected chi connectivity index (χ3v) is 5.73. The van der Waals surface area contributed by atoms with E-state index < -0.39 is 0 Å². The van der Waals surface area contributed by atoms with Crippen LogP contribution >= 0.6 is 11.3 Å². The number of benzene rings is 1. The van der Waals surface area contributed by atoms with Crippen molar-refractivity contribution in [3.05, 3.63) is 63.9 Å². The molecule has 0 saturated heterocycles.